The molecule has 4 rings (SSSR count). The fourth-order valence-corrected chi connectivity index (χ4v) is 4.04. The number of fused-ring (bicyclic) bond motifs is 1. The number of nitrogens with one attached hydrogen (secondary N) is 1. The fraction of sp³-hybridized carbons (Fsp3) is 0.320. The highest BCUT2D eigenvalue weighted by Crippen LogP contribution is 2.32. The number of aromatic nitrogens is 1. The van der Waals surface area contributed by atoms with Gasteiger partial charge in [-0.25, -0.2) is 4.98 Å². The third-order valence-corrected chi connectivity index (χ3v) is 5.76. The number of hydrogen-bond acceptors (Lipinski definition) is 7. The number of methoxy groups -OCH3 is 4. The first-order chi connectivity index (χ1) is 15.6. The van der Waals surface area contributed by atoms with Crippen LogP contribution in [0.1, 0.15) is 22.3 Å². The van der Waals surface area contributed by atoms with E-state index in [9.17, 15) is 0 Å². The third-order valence-electron chi connectivity index (χ3n) is 5.76. The van der Waals surface area contributed by atoms with Gasteiger partial charge in [-0.05, 0) is 29.8 Å². The lowest BCUT2D eigenvalue weighted by atomic mass is 10.1. The maximum absolute atomic E-state index is 5.57. The molecule has 0 bridgehead atoms. The summed E-state index contributed by atoms with van der Waals surface area (Å²) >= 11 is 0. The van der Waals surface area contributed by atoms with Gasteiger partial charge in [0, 0.05) is 61.2 Å². The summed E-state index contributed by atoms with van der Waals surface area (Å²) in [4.78, 5) is 6.99. The van der Waals surface area contributed by atoms with Gasteiger partial charge in [-0.1, -0.05) is 6.07 Å². The Morgan fingerprint density at radius 1 is 0.812 bits per heavy atom. The van der Waals surface area contributed by atoms with E-state index in [0.717, 1.165) is 59.6 Å². The van der Waals surface area contributed by atoms with Crippen LogP contribution in [0.5, 0.6) is 23.0 Å². The van der Waals surface area contributed by atoms with Crippen LogP contribution in [0.25, 0.3) is 0 Å². The first-order valence-corrected chi connectivity index (χ1v) is 10.5. The number of anilines is 1. The van der Waals surface area contributed by atoms with E-state index in [1.165, 1.54) is 11.1 Å². The number of ether oxygens (including phenoxy) is 4. The molecule has 1 aliphatic rings. The minimum absolute atomic E-state index is 0.614. The Morgan fingerprint density at radius 3 is 2.12 bits per heavy atom. The molecule has 2 aromatic carbocycles. The maximum Gasteiger partial charge on any atom is 0.131 e. The summed E-state index contributed by atoms with van der Waals surface area (Å²) in [6.45, 7) is 3.09. The average Bonchev–Trinajstić information content (AvgIpc) is 3.25. The summed E-state index contributed by atoms with van der Waals surface area (Å²) < 4.78 is 21.7. The molecule has 1 N–H and O–H groups in total. The predicted octanol–water partition coefficient (Wildman–Crippen LogP) is 4.24. The van der Waals surface area contributed by atoms with Crippen molar-refractivity contribution in [3.05, 3.63) is 70.9 Å². The van der Waals surface area contributed by atoms with Crippen molar-refractivity contribution >= 4 is 5.82 Å². The van der Waals surface area contributed by atoms with E-state index in [0.29, 0.717) is 6.54 Å². The van der Waals surface area contributed by atoms with Crippen LogP contribution in [0.4, 0.5) is 5.82 Å². The summed E-state index contributed by atoms with van der Waals surface area (Å²) in [5.41, 5.74) is 4.70. The molecule has 0 saturated carbocycles. The summed E-state index contributed by atoms with van der Waals surface area (Å²) in [6.07, 6.45) is 1.86. The molecule has 0 spiro atoms. The molecule has 32 heavy (non-hydrogen) atoms. The molecule has 0 unspecified atom stereocenters. The van der Waals surface area contributed by atoms with Crippen molar-refractivity contribution in [3.8, 4) is 23.0 Å². The molecule has 0 radical (unpaired) electrons. The smallest absolute Gasteiger partial charge is 0.131 e. The number of hydrogen-bond donors (Lipinski definition) is 1. The molecule has 0 fully saturated rings. The van der Waals surface area contributed by atoms with E-state index in [1.807, 2.05) is 36.5 Å². The Labute approximate surface area is 188 Å². The number of benzene rings is 2. The Balaban J connectivity index is 1.47. The van der Waals surface area contributed by atoms with E-state index in [2.05, 4.69) is 27.3 Å². The van der Waals surface area contributed by atoms with Gasteiger partial charge in [-0.15, -0.1) is 0 Å². The Hall–Kier alpha value is -3.45. The van der Waals surface area contributed by atoms with E-state index >= 15 is 0 Å². The average molecular weight is 436 g/mol. The first-order valence-electron chi connectivity index (χ1n) is 10.5. The molecule has 1 aromatic heterocycles. The molecule has 7 nitrogen and oxygen atoms in total. The molecule has 1 aliphatic heterocycles. The quantitative estimate of drug-likeness (QED) is 0.539. The number of pyridine rings is 1. The van der Waals surface area contributed by atoms with Crippen molar-refractivity contribution in [1.29, 1.82) is 0 Å². The van der Waals surface area contributed by atoms with Crippen LogP contribution < -0.4 is 24.3 Å². The Morgan fingerprint density at radius 2 is 1.47 bits per heavy atom. The Kier molecular flexibility index (Phi) is 6.66. The third kappa shape index (κ3) is 4.57. The standard InChI is InChI=1S/C25H29N3O4/c1-29-20-7-5-17(23(11-20)31-3)13-27-25-22-16-28(14-18(22)9-10-26-25)15-19-6-8-21(30-2)12-24(19)32-4/h5-12H,13-16H2,1-4H3,(H,26,27). The maximum atomic E-state index is 5.57. The zero-order valence-electron chi connectivity index (χ0n) is 19.0. The highest BCUT2D eigenvalue weighted by molar-refractivity contribution is 5.52. The van der Waals surface area contributed by atoms with Crippen LogP contribution in [0.15, 0.2) is 48.7 Å². The predicted molar refractivity (Wildman–Crippen MR) is 124 cm³/mol. The van der Waals surface area contributed by atoms with Gasteiger partial charge in [0.15, 0.2) is 0 Å². The SMILES string of the molecule is COc1ccc(CNc2nccc3c2CN(Cc2ccc(OC)cc2OC)C3)c(OC)c1. The molecular weight excluding hydrogens is 406 g/mol. The fourth-order valence-electron chi connectivity index (χ4n) is 4.04. The molecule has 0 atom stereocenters. The Bertz CT molecular complexity index is 1090. The molecule has 0 aliphatic carbocycles. The lowest BCUT2D eigenvalue weighted by Crippen LogP contribution is -2.16. The topological polar surface area (TPSA) is 65.1 Å². The zero-order chi connectivity index (χ0) is 22.5. The lowest BCUT2D eigenvalue weighted by molar-refractivity contribution is 0.269. The second kappa shape index (κ2) is 9.78. The molecule has 0 amide bonds. The van der Waals surface area contributed by atoms with E-state index < -0.39 is 0 Å². The van der Waals surface area contributed by atoms with Crippen LogP contribution in [-0.2, 0) is 26.2 Å². The van der Waals surface area contributed by atoms with Crippen LogP contribution in [0, 0.1) is 0 Å². The summed E-state index contributed by atoms with van der Waals surface area (Å²) in [5, 5.41) is 3.50. The molecule has 3 aromatic rings. The van der Waals surface area contributed by atoms with Gasteiger partial charge < -0.3 is 24.3 Å². The van der Waals surface area contributed by atoms with Crippen molar-refractivity contribution in [3.63, 3.8) is 0 Å². The highest BCUT2D eigenvalue weighted by atomic mass is 16.5. The summed E-state index contributed by atoms with van der Waals surface area (Å²) in [5.74, 6) is 4.10. The largest absolute Gasteiger partial charge is 0.497 e. The second-order valence-corrected chi connectivity index (χ2v) is 7.65. The first kappa shape index (κ1) is 21.8. The van der Waals surface area contributed by atoms with Gasteiger partial charge in [-0.3, -0.25) is 4.90 Å². The van der Waals surface area contributed by atoms with Crippen molar-refractivity contribution < 1.29 is 18.9 Å². The summed E-state index contributed by atoms with van der Waals surface area (Å²) in [6, 6.07) is 13.9. The van der Waals surface area contributed by atoms with Gasteiger partial charge in [0.05, 0.1) is 28.4 Å². The number of nitrogens with zero attached hydrogens (tertiary/aromatic N) is 2. The van der Waals surface area contributed by atoms with Crippen LogP contribution in [-0.4, -0.2) is 38.3 Å². The van der Waals surface area contributed by atoms with E-state index in [1.54, 1.807) is 28.4 Å². The minimum atomic E-state index is 0.614. The minimum Gasteiger partial charge on any atom is -0.497 e. The van der Waals surface area contributed by atoms with Gasteiger partial charge >= 0.3 is 0 Å². The van der Waals surface area contributed by atoms with E-state index in [-0.39, 0.29) is 0 Å². The van der Waals surface area contributed by atoms with Crippen molar-refractivity contribution in [1.82, 2.24) is 9.88 Å². The molecule has 0 saturated heterocycles. The van der Waals surface area contributed by atoms with Crippen molar-refractivity contribution in [2.75, 3.05) is 33.8 Å². The molecular formula is C25H29N3O4. The van der Waals surface area contributed by atoms with Crippen LogP contribution in [0.2, 0.25) is 0 Å². The monoisotopic (exact) mass is 435 g/mol. The van der Waals surface area contributed by atoms with Crippen molar-refractivity contribution in [2.24, 2.45) is 0 Å². The van der Waals surface area contributed by atoms with Gasteiger partial charge in [0.1, 0.15) is 28.8 Å². The molecule has 168 valence electrons. The number of rotatable bonds is 9. The molecule has 2 heterocycles. The normalized spacial score (nSPS) is 12.9. The lowest BCUT2D eigenvalue weighted by Gasteiger charge is -2.18. The zero-order valence-corrected chi connectivity index (χ0v) is 19.0. The summed E-state index contributed by atoms with van der Waals surface area (Å²) in [7, 11) is 6.67. The highest BCUT2D eigenvalue weighted by Gasteiger charge is 2.23. The van der Waals surface area contributed by atoms with Crippen molar-refractivity contribution in [2.45, 2.75) is 26.2 Å². The van der Waals surface area contributed by atoms with Crippen LogP contribution in [0.3, 0.4) is 0 Å². The van der Waals surface area contributed by atoms with E-state index in [4.69, 9.17) is 18.9 Å². The van der Waals surface area contributed by atoms with Gasteiger partial charge in [-0.2, -0.15) is 0 Å². The van der Waals surface area contributed by atoms with Gasteiger partial charge in [0.25, 0.3) is 0 Å². The second-order valence-electron chi connectivity index (χ2n) is 7.65. The molecule has 7 heteroatoms. The van der Waals surface area contributed by atoms with Gasteiger partial charge in [0.2, 0.25) is 0 Å². The van der Waals surface area contributed by atoms with Crippen LogP contribution >= 0.6 is 0 Å².